The van der Waals surface area contributed by atoms with Crippen LogP contribution < -0.4 is 0 Å². The Labute approximate surface area is 198 Å². The molecule has 11 heteroatoms. The summed E-state index contributed by atoms with van der Waals surface area (Å²) in [7, 11) is 0. The minimum atomic E-state index is -4.74. The van der Waals surface area contributed by atoms with Crippen LogP contribution in [0.5, 0.6) is 0 Å². The Morgan fingerprint density at radius 3 is 2.64 bits per heavy atom. The normalized spacial score (nSPS) is 11.9. The number of aliphatic carboxylic acids is 1. The second-order valence-electron chi connectivity index (χ2n) is 7.11. The highest BCUT2D eigenvalue weighted by atomic mass is 32.2. The number of rotatable bonds is 7. The Kier molecular flexibility index (Phi) is 6.73. The fourth-order valence-electron chi connectivity index (χ4n) is 3.11. The van der Waals surface area contributed by atoms with Gasteiger partial charge in [0.1, 0.15) is 10.8 Å². The highest BCUT2D eigenvalue weighted by Gasteiger charge is 2.34. The summed E-state index contributed by atoms with van der Waals surface area (Å²) in [6.45, 7) is 1.81. The minimum absolute atomic E-state index is 0.0235. The van der Waals surface area contributed by atoms with Crippen LogP contribution in [0, 0.1) is 12.7 Å². The van der Waals surface area contributed by atoms with E-state index in [1.165, 1.54) is 28.7 Å². The lowest BCUT2D eigenvalue weighted by molar-refractivity contribution is -0.140. The van der Waals surface area contributed by atoms with E-state index in [1.807, 2.05) is 25.1 Å². The van der Waals surface area contributed by atoms with Gasteiger partial charge in [0, 0.05) is 27.5 Å². The molecule has 172 valence electrons. The first-order valence-electron chi connectivity index (χ1n) is 9.68. The zero-order chi connectivity index (χ0) is 23.8. The predicted octanol–water partition coefficient (Wildman–Crippen LogP) is 7.20. The molecule has 2 heterocycles. The molecule has 4 rings (SSSR count). The standard InChI is InChI=1S/C22H16F4N2O2S3/c1-11-17(32-21(27-11)12-5-6-13(14(23)9-12)22(24,25)26)10-31-16-4-2-3-15-20(16)33-18(28-15)7-8-19(29)30/h2-6,9H,7-8,10H2,1H3,(H,29,30). The van der Waals surface area contributed by atoms with Gasteiger partial charge in [0.25, 0.3) is 0 Å². The number of halogens is 4. The van der Waals surface area contributed by atoms with Crippen molar-refractivity contribution in [1.29, 1.82) is 0 Å². The largest absolute Gasteiger partial charge is 0.481 e. The molecule has 0 atom stereocenters. The van der Waals surface area contributed by atoms with E-state index in [4.69, 9.17) is 5.11 Å². The average molecular weight is 513 g/mol. The molecule has 0 saturated carbocycles. The van der Waals surface area contributed by atoms with E-state index in [2.05, 4.69) is 9.97 Å². The monoisotopic (exact) mass is 512 g/mol. The van der Waals surface area contributed by atoms with E-state index >= 15 is 0 Å². The number of aryl methyl sites for hydroxylation is 2. The quantitative estimate of drug-likeness (QED) is 0.210. The van der Waals surface area contributed by atoms with Crippen LogP contribution in [0.25, 0.3) is 20.8 Å². The molecule has 1 N–H and O–H groups in total. The maximum Gasteiger partial charge on any atom is 0.419 e. The van der Waals surface area contributed by atoms with Gasteiger partial charge < -0.3 is 5.11 Å². The van der Waals surface area contributed by atoms with Crippen molar-refractivity contribution in [3.63, 3.8) is 0 Å². The lowest BCUT2D eigenvalue weighted by atomic mass is 10.1. The van der Waals surface area contributed by atoms with Gasteiger partial charge in [-0.25, -0.2) is 14.4 Å². The number of nitrogens with zero attached hydrogens (tertiary/aromatic N) is 2. The summed E-state index contributed by atoms with van der Waals surface area (Å²) in [5, 5.41) is 10.1. The van der Waals surface area contributed by atoms with Gasteiger partial charge in [0.15, 0.2) is 0 Å². The number of carbonyl (C=O) groups is 1. The third-order valence-corrected chi connectivity index (χ3v) is 8.52. The van der Waals surface area contributed by atoms with Crippen molar-refractivity contribution in [3.05, 3.63) is 63.4 Å². The SMILES string of the molecule is Cc1nc(-c2ccc(C(F)(F)F)c(F)c2)sc1CSc1cccc2nc(CCC(=O)O)sc12. The Morgan fingerprint density at radius 2 is 1.94 bits per heavy atom. The molecule has 2 aromatic carbocycles. The Hall–Kier alpha value is -2.50. The van der Waals surface area contributed by atoms with E-state index in [9.17, 15) is 22.4 Å². The van der Waals surface area contributed by atoms with Crippen molar-refractivity contribution in [2.75, 3.05) is 0 Å². The van der Waals surface area contributed by atoms with Crippen LogP contribution in [-0.4, -0.2) is 21.0 Å². The molecule has 0 unspecified atom stereocenters. The van der Waals surface area contributed by atoms with Crippen molar-refractivity contribution < 1.29 is 27.5 Å². The summed E-state index contributed by atoms with van der Waals surface area (Å²) in [5.41, 5.74) is 0.557. The van der Waals surface area contributed by atoms with Crippen LogP contribution in [0.15, 0.2) is 41.3 Å². The summed E-state index contributed by atoms with van der Waals surface area (Å²) in [4.78, 5) is 21.7. The topological polar surface area (TPSA) is 63.1 Å². The van der Waals surface area contributed by atoms with E-state index in [1.54, 1.807) is 11.8 Å². The van der Waals surface area contributed by atoms with Gasteiger partial charge in [-0.1, -0.05) is 12.1 Å². The van der Waals surface area contributed by atoms with Gasteiger partial charge in [-0.3, -0.25) is 4.79 Å². The minimum Gasteiger partial charge on any atom is -0.481 e. The van der Waals surface area contributed by atoms with Crippen molar-refractivity contribution in [2.45, 2.75) is 36.6 Å². The summed E-state index contributed by atoms with van der Waals surface area (Å²) < 4.78 is 53.4. The van der Waals surface area contributed by atoms with Gasteiger partial charge in [0.2, 0.25) is 0 Å². The van der Waals surface area contributed by atoms with Crippen molar-refractivity contribution in [1.82, 2.24) is 9.97 Å². The first kappa shape index (κ1) is 23.7. The smallest absolute Gasteiger partial charge is 0.419 e. The highest BCUT2D eigenvalue weighted by molar-refractivity contribution is 7.99. The second-order valence-corrected chi connectivity index (χ2v) is 10.3. The number of benzene rings is 2. The average Bonchev–Trinajstić information content (AvgIpc) is 3.33. The molecule has 0 radical (unpaired) electrons. The second kappa shape index (κ2) is 9.40. The maximum atomic E-state index is 14.0. The molecule has 0 aliphatic rings. The number of thioether (sulfide) groups is 1. The molecular weight excluding hydrogens is 496 g/mol. The number of aromatic nitrogens is 2. The summed E-state index contributed by atoms with van der Waals surface area (Å²) >= 11 is 4.36. The molecule has 0 fully saturated rings. The first-order valence-corrected chi connectivity index (χ1v) is 12.3. The van der Waals surface area contributed by atoms with E-state index in [0.29, 0.717) is 22.7 Å². The van der Waals surface area contributed by atoms with Crippen molar-refractivity contribution in [3.8, 4) is 10.6 Å². The predicted molar refractivity (Wildman–Crippen MR) is 122 cm³/mol. The number of carboxylic acids is 1. The molecule has 0 spiro atoms. The van der Waals surface area contributed by atoms with Crippen molar-refractivity contribution in [2.24, 2.45) is 0 Å². The first-order chi connectivity index (χ1) is 15.6. The fraction of sp³-hybridized carbons (Fsp3) is 0.227. The molecule has 0 bridgehead atoms. The van der Waals surface area contributed by atoms with Crippen LogP contribution >= 0.6 is 34.4 Å². The molecular formula is C22H16F4N2O2S3. The number of hydrogen-bond donors (Lipinski definition) is 1. The zero-order valence-corrected chi connectivity index (χ0v) is 19.5. The van der Waals surface area contributed by atoms with Gasteiger partial charge in [0.05, 0.1) is 32.9 Å². The van der Waals surface area contributed by atoms with Gasteiger partial charge in [-0.15, -0.1) is 34.4 Å². The Morgan fingerprint density at radius 1 is 1.15 bits per heavy atom. The number of carboxylic acid groups (broad SMARTS) is 1. The molecule has 0 aliphatic heterocycles. The molecule has 4 nitrogen and oxygen atoms in total. The van der Waals surface area contributed by atoms with Crippen molar-refractivity contribution >= 4 is 50.6 Å². The summed E-state index contributed by atoms with van der Waals surface area (Å²) in [6.07, 6.45) is -4.34. The van der Waals surface area contributed by atoms with Crippen LogP contribution in [-0.2, 0) is 23.1 Å². The third-order valence-electron chi connectivity index (χ3n) is 4.75. The maximum absolute atomic E-state index is 14.0. The molecule has 0 saturated heterocycles. The summed E-state index contributed by atoms with van der Waals surface area (Å²) in [5.74, 6) is -1.61. The van der Waals surface area contributed by atoms with E-state index in [0.717, 1.165) is 42.8 Å². The molecule has 2 aromatic heterocycles. The molecule has 4 aromatic rings. The van der Waals surface area contributed by atoms with Crippen LogP contribution in [0.1, 0.15) is 27.6 Å². The van der Waals surface area contributed by atoms with E-state index in [-0.39, 0.29) is 6.42 Å². The lowest BCUT2D eigenvalue weighted by Gasteiger charge is -2.08. The number of hydrogen-bond acceptors (Lipinski definition) is 6. The Bertz CT molecular complexity index is 1330. The molecule has 0 amide bonds. The fourth-order valence-corrected chi connectivity index (χ4v) is 6.56. The molecule has 0 aliphatic carbocycles. The Balaban J connectivity index is 1.53. The zero-order valence-electron chi connectivity index (χ0n) is 17.1. The molecule has 33 heavy (non-hydrogen) atoms. The number of alkyl halides is 3. The number of thiazole rings is 2. The summed E-state index contributed by atoms with van der Waals surface area (Å²) in [6, 6.07) is 8.58. The lowest BCUT2D eigenvalue weighted by Crippen LogP contribution is -2.07. The van der Waals surface area contributed by atoms with Crippen LogP contribution in [0.4, 0.5) is 17.6 Å². The van der Waals surface area contributed by atoms with Gasteiger partial charge in [-0.05, 0) is 31.2 Å². The number of fused-ring (bicyclic) bond motifs is 1. The van der Waals surface area contributed by atoms with Crippen LogP contribution in [0.2, 0.25) is 0 Å². The van der Waals surface area contributed by atoms with Gasteiger partial charge >= 0.3 is 12.1 Å². The third kappa shape index (κ3) is 5.36. The van der Waals surface area contributed by atoms with Gasteiger partial charge in [-0.2, -0.15) is 13.2 Å². The highest BCUT2D eigenvalue weighted by Crippen LogP contribution is 2.38. The van der Waals surface area contributed by atoms with E-state index < -0.39 is 23.5 Å². The van der Waals surface area contributed by atoms with Crippen LogP contribution in [0.3, 0.4) is 0 Å².